The fourth-order valence-corrected chi connectivity index (χ4v) is 3.21. The van der Waals surface area contributed by atoms with E-state index in [2.05, 4.69) is 4.72 Å². The molecule has 0 spiro atoms. The number of nitrogens with one attached hydrogen (secondary N) is 1. The van der Waals surface area contributed by atoms with Gasteiger partial charge in [0.25, 0.3) is 10.0 Å². The second-order valence-corrected chi connectivity index (χ2v) is 6.29. The zero-order chi connectivity index (χ0) is 13.9. The van der Waals surface area contributed by atoms with Crippen LogP contribution in [0, 0.1) is 0 Å². The van der Waals surface area contributed by atoms with Crippen molar-refractivity contribution in [2.75, 3.05) is 4.72 Å². The minimum Gasteiger partial charge on any atom is -0.481 e. The molecule has 2 N–H and O–H groups in total. The number of thiophene rings is 1. The van der Waals surface area contributed by atoms with Crippen molar-refractivity contribution in [3.05, 3.63) is 46.7 Å². The first-order chi connectivity index (χ1) is 8.97. The third-order valence-electron chi connectivity index (χ3n) is 2.36. The van der Waals surface area contributed by atoms with Crippen molar-refractivity contribution >= 4 is 33.0 Å². The van der Waals surface area contributed by atoms with Crippen molar-refractivity contribution in [2.24, 2.45) is 0 Å². The summed E-state index contributed by atoms with van der Waals surface area (Å²) in [5.74, 6) is -0.952. The van der Waals surface area contributed by atoms with E-state index in [9.17, 15) is 13.2 Å². The van der Waals surface area contributed by atoms with E-state index < -0.39 is 16.0 Å². The number of carboxylic acids is 1. The lowest BCUT2D eigenvalue weighted by Gasteiger charge is -2.06. The largest absolute Gasteiger partial charge is 0.481 e. The summed E-state index contributed by atoms with van der Waals surface area (Å²) < 4.78 is 26.5. The van der Waals surface area contributed by atoms with Crippen molar-refractivity contribution in [2.45, 2.75) is 11.3 Å². The van der Waals surface area contributed by atoms with Crippen molar-refractivity contribution in [3.8, 4) is 0 Å². The van der Waals surface area contributed by atoms with Crippen LogP contribution in [0.15, 0.2) is 46.0 Å². The predicted molar refractivity (Wildman–Crippen MR) is 72.9 cm³/mol. The van der Waals surface area contributed by atoms with Gasteiger partial charge in [0.1, 0.15) is 0 Å². The van der Waals surface area contributed by atoms with Crippen LogP contribution < -0.4 is 4.72 Å². The molecule has 5 nitrogen and oxygen atoms in total. The number of rotatable bonds is 5. The monoisotopic (exact) mass is 297 g/mol. The molecular weight excluding hydrogens is 286 g/mol. The number of hydrogen-bond donors (Lipinski definition) is 2. The van der Waals surface area contributed by atoms with Crippen LogP contribution in [-0.4, -0.2) is 19.5 Å². The van der Waals surface area contributed by atoms with E-state index in [-0.39, 0.29) is 11.3 Å². The average Bonchev–Trinajstić information content (AvgIpc) is 2.81. The lowest BCUT2D eigenvalue weighted by molar-refractivity contribution is -0.136. The highest BCUT2D eigenvalue weighted by Crippen LogP contribution is 2.18. The summed E-state index contributed by atoms with van der Waals surface area (Å²) >= 11 is 1.39. The highest BCUT2D eigenvalue weighted by atomic mass is 32.2. The van der Waals surface area contributed by atoms with Crippen LogP contribution in [-0.2, 0) is 21.2 Å². The van der Waals surface area contributed by atoms with E-state index in [1.807, 2.05) is 0 Å². The zero-order valence-corrected chi connectivity index (χ0v) is 11.4. The Morgan fingerprint density at radius 3 is 2.42 bits per heavy atom. The minimum atomic E-state index is -3.62. The molecule has 0 bridgehead atoms. The second kappa shape index (κ2) is 5.41. The Balaban J connectivity index is 2.19. The van der Waals surface area contributed by atoms with Crippen molar-refractivity contribution in [3.63, 3.8) is 0 Å². The number of carboxylic acid groups (broad SMARTS) is 1. The number of hydrogen-bond acceptors (Lipinski definition) is 4. The molecule has 19 heavy (non-hydrogen) atoms. The molecular formula is C12H11NO4S2. The molecule has 0 unspecified atom stereocenters. The first kappa shape index (κ1) is 13.6. The van der Waals surface area contributed by atoms with Gasteiger partial charge in [0.15, 0.2) is 0 Å². The van der Waals surface area contributed by atoms with Crippen LogP contribution in [0.1, 0.15) is 5.56 Å². The molecule has 2 aromatic rings. The molecule has 1 heterocycles. The molecule has 0 saturated heterocycles. The van der Waals surface area contributed by atoms with Crippen molar-refractivity contribution in [1.82, 2.24) is 0 Å². The van der Waals surface area contributed by atoms with Gasteiger partial charge in [0, 0.05) is 5.38 Å². The van der Waals surface area contributed by atoms with Crippen molar-refractivity contribution in [1.29, 1.82) is 0 Å². The molecule has 0 amide bonds. The Hall–Kier alpha value is -1.86. The Kier molecular flexibility index (Phi) is 3.87. The topological polar surface area (TPSA) is 83.5 Å². The molecule has 0 aliphatic rings. The van der Waals surface area contributed by atoms with E-state index >= 15 is 0 Å². The van der Waals surface area contributed by atoms with Gasteiger partial charge in [-0.15, -0.1) is 0 Å². The first-order valence-corrected chi connectivity index (χ1v) is 7.76. The lowest BCUT2D eigenvalue weighted by atomic mass is 10.2. The van der Waals surface area contributed by atoms with Gasteiger partial charge in [0.2, 0.25) is 0 Å². The number of anilines is 1. The van der Waals surface area contributed by atoms with Crippen LogP contribution in [0.2, 0.25) is 0 Å². The van der Waals surface area contributed by atoms with E-state index in [1.165, 1.54) is 35.6 Å². The smallest absolute Gasteiger partial charge is 0.307 e. The fraction of sp³-hybridized carbons (Fsp3) is 0.0833. The van der Waals surface area contributed by atoms with Gasteiger partial charge in [-0.2, -0.15) is 11.3 Å². The van der Waals surface area contributed by atoms with Crippen molar-refractivity contribution < 1.29 is 18.3 Å². The Labute approximate surface area is 114 Å². The quantitative estimate of drug-likeness (QED) is 0.886. The Bertz CT molecular complexity index is 660. The molecule has 0 atom stereocenters. The average molecular weight is 297 g/mol. The molecule has 7 heteroatoms. The number of aliphatic carboxylic acids is 1. The van der Waals surface area contributed by atoms with Crippen LogP contribution in [0.4, 0.5) is 5.69 Å². The summed E-state index contributed by atoms with van der Waals surface area (Å²) in [6, 6.07) is 7.45. The predicted octanol–water partition coefficient (Wildman–Crippen LogP) is 2.18. The molecule has 100 valence electrons. The van der Waals surface area contributed by atoms with Crippen LogP contribution in [0.5, 0.6) is 0 Å². The molecule has 0 aliphatic carbocycles. The summed E-state index contributed by atoms with van der Waals surface area (Å²) in [6.45, 7) is 0. The van der Waals surface area contributed by atoms with Gasteiger partial charge in [-0.05, 0) is 29.1 Å². The standard InChI is InChI=1S/C12H11NO4S2/c14-12(15)7-9-1-3-11(4-2-9)19(16,17)13-10-5-6-18-8-10/h1-6,8,13H,7H2,(H,14,15). The minimum absolute atomic E-state index is 0.104. The third kappa shape index (κ3) is 3.55. The summed E-state index contributed by atoms with van der Waals surface area (Å²) in [6.07, 6.45) is -0.127. The van der Waals surface area contributed by atoms with E-state index in [4.69, 9.17) is 5.11 Å². The summed E-state index contributed by atoms with van der Waals surface area (Å²) in [5, 5.41) is 12.1. The fourth-order valence-electron chi connectivity index (χ4n) is 1.50. The highest BCUT2D eigenvalue weighted by molar-refractivity contribution is 7.92. The van der Waals surface area contributed by atoms with E-state index in [0.717, 1.165) is 0 Å². The third-order valence-corrected chi connectivity index (χ3v) is 4.44. The molecule has 1 aromatic heterocycles. The van der Waals surface area contributed by atoms with Gasteiger partial charge >= 0.3 is 5.97 Å². The maximum Gasteiger partial charge on any atom is 0.307 e. The molecule has 1 aromatic carbocycles. The van der Waals surface area contributed by atoms with Crippen LogP contribution >= 0.6 is 11.3 Å². The first-order valence-electron chi connectivity index (χ1n) is 5.33. The highest BCUT2D eigenvalue weighted by Gasteiger charge is 2.14. The van der Waals surface area contributed by atoms with Gasteiger partial charge in [-0.3, -0.25) is 9.52 Å². The number of sulfonamides is 1. The van der Waals surface area contributed by atoms with Crippen LogP contribution in [0.25, 0.3) is 0 Å². The number of carbonyl (C=O) groups is 1. The molecule has 0 saturated carbocycles. The molecule has 0 fully saturated rings. The SMILES string of the molecule is O=C(O)Cc1ccc(S(=O)(=O)Nc2ccsc2)cc1. The van der Waals surface area contributed by atoms with E-state index in [0.29, 0.717) is 11.3 Å². The maximum absolute atomic E-state index is 12.0. The molecule has 2 rings (SSSR count). The van der Waals surface area contributed by atoms with Gasteiger partial charge < -0.3 is 5.11 Å². The summed E-state index contributed by atoms with van der Waals surface area (Å²) in [4.78, 5) is 10.6. The number of benzene rings is 1. The van der Waals surface area contributed by atoms with Crippen LogP contribution in [0.3, 0.4) is 0 Å². The van der Waals surface area contributed by atoms with E-state index in [1.54, 1.807) is 16.8 Å². The summed E-state index contributed by atoms with van der Waals surface area (Å²) in [7, 11) is -3.62. The summed E-state index contributed by atoms with van der Waals surface area (Å²) in [5.41, 5.74) is 1.07. The lowest BCUT2D eigenvalue weighted by Crippen LogP contribution is -2.12. The Morgan fingerprint density at radius 1 is 1.21 bits per heavy atom. The van der Waals surface area contributed by atoms with Gasteiger partial charge in [0.05, 0.1) is 17.0 Å². The Morgan fingerprint density at radius 2 is 1.89 bits per heavy atom. The zero-order valence-electron chi connectivity index (χ0n) is 9.74. The second-order valence-electron chi connectivity index (χ2n) is 3.83. The molecule has 0 radical (unpaired) electrons. The maximum atomic E-state index is 12.0. The van der Waals surface area contributed by atoms with Gasteiger partial charge in [-0.25, -0.2) is 8.42 Å². The van der Waals surface area contributed by atoms with Gasteiger partial charge in [-0.1, -0.05) is 12.1 Å². The normalized spacial score (nSPS) is 11.2. The molecule has 0 aliphatic heterocycles.